The highest BCUT2D eigenvalue weighted by atomic mass is 31.2. The third-order valence-corrected chi connectivity index (χ3v) is 3.52. The van der Waals surface area contributed by atoms with Gasteiger partial charge < -0.3 is 29.9 Å². The minimum absolute atomic E-state index is 0.108. The number of anilines is 1. The second-order valence-electron chi connectivity index (χ2n) is 4.55. The van der Waals surface area contributed by atoms with Gasteiger partial charge in [-0.15, -0.1) is 0 Å². The van der Waals surface area contributed by atoms with E-state index in [0.29, 0.717) is 23.3 Å². The molecule has 0 amide bonds. The van der Waals surface area contributed by atoms with Crippen molar-refractivity contribution >= 4 is 24.4 Å². The van der Waals surface area contributed by atoms with Gasteiger partial charge in [0, 0.05) is 12.8 Å². The number of nitrogens with zero attached hydrogens (tertiary/aromatic N) is 3. The van der Waals surface area contributed by atoms with Crippen molar-refractivity contribution in [3.8, 4) is 0 Å². The van der Waals surface area contributed by atoms with E-state index < -0.39 is 13.9 Å². The molecule has 0 aliphatic heterocycles. The van der Waals surface area contributed by atoms with E-state index in [-0.39, 0.29) is 19.3 Å². The molecule has 0 aromatic carbocycles. The summed E-state index contributed by atoms with van der Waals surface area (Å²) < 4.78 is 17.3. The number of nitrogen functional groups attached to an aromatic ring is 1. The van der Waals surface area contributed by atoms with Gasteiger partial charge in [0.25, 0.3) is 0 Å². The number of hydrogen-bond acceptors (Lipinski definition) is 6. The van der Waals surface area contributed by atoms with Gasteiger partial charge in [0.15, 0.2) is 0 Å². The molecule has 0 saturated carbocycles. The molecule has 10 heteroatoms. The first kappa shape index (κ1) is 15.9. The fourth-order valence-corrected chi connectivity index (χ4v) is 2.37. The van der Waals surface area contributed by atoms with Crippen molar-refractivity contribution in [3.63, 3.8) is 0 Å². The molecule has 1 unspecified atom stereocenters. The van der Waals surface area contributed by atoms with Crippen LogP contribution in [0.2, 0.25) is 0 Å². The van der Waals surface area contributed by atoms with E-state index in [1.54, 1.807) is 16.8 Å². The van der Waals surface area contributed by atoms with E-state index >= 15 is 0 Å². The molecule has 21 heavy (non-hydrogen) atoms. The summed E-state index contributed by atoms with van der Waals surface area (Å²) in [5.41, 5.74) is 6.34. The molecular formula is C11H17N4O5P. The molecule has 0 bridgehead atoms. The Hall–Kier alpha value is -1.51. The van der Waals surface area contributed by atoms with Crippen LogP contribution in [0.15, 0.2) is 18.6 Å². The second-order valence-corrected chi connectivity index (χ2v) is 6.13. The molecule has 0 saturated heterocycles. The summed E-state index contributed by atoms with van der Waals surface area (Å²) in [7, 11) is -4.17. The molecule has 2 aromatic heterocycles. The van der Waals surface area contributed by atoms with E-state index in [2.05, 4.69) is 9.97 Å². The Kier molecular flexibility index (Phi) is 4.92. The SMILES string of the molecule is Nc1ncnc2c1ccn2C(CO)CCOCP(=O)(O)O. The average molecular weight is 316 g/mol. The molecule has 0 radical (unpaired) electrons. The van der Waals surface area contributed by atoms with Crippen LogP contribution in [0.1, 0.15) is 12.5 Å². The smallest absolute Gasteiger partial charge is 0.350 e. The van der Waals surface area contributed by atoms with Gasteiger partial charge in [0.05, 0.1) is 18.0 Å². The topological polar surface area (TPSA) is 144 Å². The highest BCUT2D eigenvalue weighted by Gasteiger charge is 2.16. The van der Waals surface area contributed by atoms with Crippen molar-refractivity contribution in [1.82, 2.24) is 14.5 Å². The van der Waals surface area contributed by atoms with Crippen LogP contribution in [0.25, 0.3) is 11.0 Å². The van der Waals surface area contributed by atoms with Gasteiger partial charge in [-0.1, -0.05) is 0 Å². The third kappa shape index (κ3) is 3.99. The number of hydrogen-bond donors (Lipinski definition) is 4. The molecule has 0 aliphatic carbocycles. The van der Waals surface area contributed by atoms with E-state index in [9.17, 15) is 9.67 Å². The van der Waals surface area contributed by atoms with E-state index in [0.717, 1.165) is 0 Å². The average Bonchev–Trinajstić information content (AvgIpc) is 2.83. The lowest BCUT2D eigenvalue weighted by Gasteiger charge is -2.17. The minimum Gasteiger partial charge on any atom is -0.394 e. The largest absolute Gasteiger partial charge is 0.394 e. The highest BCUT2D eigenvalue weighted by Crippen LogP contribution is 2.34. The van der Waals surface area contributed by atoms with Crippen LogP contribution < -0.4 is 5.73 Å². The minimum atomic E-state index is -4.17. The lowest BCUT2D eigenvalue weighted by molar-refractivity contribution is 0.127. The number of nitrogens with two attached hydrogens (primary N) is 1. The van der Waals surface area contributed by atoms with E-state index in [1.165, 1.54) is 6.33 Å². The van der Waals surface area contributed by atoms with Crippen molar-refractivity contribution in [2.24, 2.45) is 0 Å². The lowest BCUT2D eigenvalue weighted by Crippen LogP contribution is -2.15. The summed E-state index contributed by atoms with van der Waals surface area (Å²) in [5.74, 6) is 0.355. The summed E-state index contributed by atoms with van der Waals surface area (Å²) >= 11 is 0. The fraction of sp³-hybridized carbons (Fsp3) is 0.455. The van der Waals surface area contributed by atoms with Gasteiger partial charge in [-0.2, -0.15) is 0 Å². The number of fused-ring (bicyclic) bond motifs is 1. The molecule has 2 heterocycles. The third-order valence-electron chi connectivity index (χ3n) is 3.00. The zero-order chi connectivity index (χ0) is 15.5. The van der Waals surface area contributed by atoms with Gasteiger partial charge in [0.1, 0.15) is 24.1 Å². The van der Waals surface area contributed by atoms with Crippen LogP contribution >= 0.6 is 7.60 Å². The monoisotopic (exact) mass is 316 g/mol. The van der Waals surface area contributed by atoms with Crippen LogP contribution in [0, 0.1) is 0 Å². The maximum atomic E-state index is 10.7. The molecule has 2 rings (SSSR count). The van der Waals surface area contributed by atoms with Crippen LogP contribution in [-0.4, -0.2) is 49.0 Å². The van der Waals surface area contributed by atoms with Crippen LogP contribution in [0.4, 0.5) is 5.82 Å². The molecule has 0 fully saturated rings. The van der Waals surface area contributed by atoms with Gasteiger partial charge in [-0.25, -0.2) is 9.97 Å². The first-order valence-corrected chi connectivity index (χ1v) is 8.02. The first-order valence-electron chi connectivity index (χ1n) is 6.22. The van der Waals surface area contributed by atoms with Crippen LogP contribution in [-0.2, 0) is 9.30 Å². The summed E-state index contributed by atoms with van der Waals surface area (Å²) in [4.78, 5) is 25.4. The molecule has 5 N–H and O–H groups in total. The van der Waals surface area contributed by atoms with Crippen molar-refractivity contribution in [2.45, 2.75) is 12.5 Å². The normalized spacial score (nSPS) is 13.7. The molecule has 1 atom stereocenters. The highest BCUT2D eigenvalue weighted by molar-refractivity contribution is 7.51. The molecule has 2 aromatic rings. The Morgan fingerprint density at radius 1 is 1.43 bits per heavy atom. The van der Waals surface area contributed by atoms with Gasteiger partial charge in [-0.3, -0.25) is 4.57 Å². The van der Waals surface area contributed by atoms with Gasteiger partial charge in [0.2, 0.25) is 0 Å². The van der Waals surface area contributed by atoms with Crippen LogP contribution in [0.5, 0.6) is 0 Å². The number of ether oxygens (including phenoxy) is 1. The summed E-state index contributed by atoms with van der Waals surface area (Å²) in [6.45, 7) is -0.0520. The van der Waals surface area contributed by atoms with Crippen LogP contribution in [0.3, 0.4) is 0 Å². The summed E-state index contributed by atoms with van der Waals surface area (Å²) in [6, 6.07) is 1.43. The number of aromatic nitrogens is 3. The molecule has 9 nitrogen and oxygen atoms in total. The summed E-state index contributed by atoms with van der Waals surface area (Å²) in [5, 5.41) is 10.2. The quantitative estimate of drug-likeness (QED) is 0.415. The first-order chi connectivity index (χ1) is 9.92. The maximum absolute atomic E-state index is 10.7. The molecule has 116 valence electrons. The number of rotatable bonds is 7. The summed E-state index contributed by atoms with van der Waals surface area (Å²) in [6.07, 6.45) is 2.82. The van der Waals surface area contributed by atoms with Crippen molar-refractivity contribution in [1.29, 1.82) is 0 Å². The Morgan fingerprint density at radius 2 is 2.19 bits per heavy atom. The van der Waals surface area contributed by atoms with E-state index in [1.807, 2.05) is 0 Å². The second kappa shape index (κ2) is 6.50. The standard InChI is InChI=1S/C11H17N4O5P/c12-10-9-1-3-15(11(9)14-6-13-10)8(5-16)2-4-20-7-21(17,18)19/h1,3,6,8,16H,2,4-5,7H2,(H2,12,13,14)(H2,17,18,19). The molecule has 0 aliphatic rings. The van der Waals surface area contributed by atoms with E-state index in [4.69, 9.17) is 20.3 Å². The molecule has 0 spiro atoms. The Labute approximate surface area is 120 Å². The lowest BCUT2D eigenvalue weighted by atomic mass is 10.2. The predicted octanol–water partition coefficient (Wildman–Crippen LogP) is 0.0888. The van der Waals surface area contributed by atoms with Crippen molar-refractivity contribution in [2.75, 3.05) is 25.3 Å². The Balaban J connectivity index is 2.06. The maximum Gasteiger partial charge on any atom is 0.350 e. The fourth-order valence-electron chi connectivity index (χ4n) is 2.01. The van der Waals surface area contributed by atoms with Crippen molar-refractivity contribution < 1.29 is 24.2 Å². The Morgan fingerprint density at radius 3 is 2.86 bits per heavy atom. The Bertz CT molecular complexity index is 655. The van der Waals surface area contributed by atoms with Crippen molar-refractivity contribution in [3.05, 3.63) is 18.6 Å². The number of aliphatic hydroxyl groups is 1. The zero-order valence-corrected chi connectivity index (χ0v) is 12.1. The predicted molar refractivity (Wildman–Crippen MR) is 75.5 cm³/mol. The molecular weight excluding hydrogens is 299 g/mol. The number of aliphatic hydroxyl groups excluding tert-OH is 1. The zero-order valence-electron chi connectivity index (χ0n) is 11.2. The van der Waals surface area contributed by atoms with Gasteiger partial charge in [-0.05, 0) is 12.5 Å². The van der Waals surface area contributed by atoms with Gasteiger partial charge >= 0.3 is 7.60 Å².